The van der Waals surface area contributed by atoms with Crippen molar-refractivity contribution in [3.63, 3.8) is 0 Å². The van der Waals surface area contributed by atoms with Crippen molar-refractivity contribution in [2.45, 2.75) is 12.3 Å². The first-order valence-electron chi connectivity index (χ1n) is 7.49. The molecule has 0 saturated heterocycles. The van der Waals surface area contributed by atoms with Gasteiger partial charge in [-0.05, 0) is 6.07 Å². The number of rotatable bonds is 1. The summed E-state index contributed by atoms with van der Waals surface area (Å²) < 4.78 is 5.11. The van der Waals surface area contributed by atoms with Crippen LogP contribution < -0.4 is 0 Å². The van der Waals surface area contributed by atoms with Crippen LogP contribution in [0.1, 0.15) is 38.6 Å². The molecule has 5 nitrogen and oxygen atoms in total. The zero-order valence-corrected chi connectivity index (χ0v) is 12.5. The van der Waals surface area contributed by atoms with Crippen LogP contribution in [0, 0.1) is 0 Å². The van der Waals surface area contributed by atoms with E-state index < -0.39 is 17.7 Å². The molecule has 0 bridgehead atoms. The molecular formula is C19H12O5. The zero-order valence-electron chi connectivity index (χ0n) is 12.5. The molecule has 1 atom stereocenters. The number of para-hydroxylation sites is 1. The van der Waals surface area contributed by atoms with Crippen molar-refractivity contribution in [3.05, 3.63) is 76.6 Å². The van der Waals surface area contributed by atoms with Gasteiger partial charge in [0.25, 0.3) is 0 Å². The molecule has 2 aliphatic rings. The van der Waals surface area contributed by atoms with E-state index in [0.717, 1.165) is 0 Å². The molecule has 0 fully saturated rings. The highest BCUT2D eigenvalue weighted by Crippen LogP contribution is 2.43. The first-order valence-corrected chi connectivity index (χ1v) is 7.49. The second-order valence-corrected chi connectivity index (χ2v) is 5.74. The Bertz CT molecular complexity index is 938. The van der Waals surface area contributed by atoms with E-state index in [0.29, 0.717) is 11.1 Å². The van der Waals surface area contributed by atoms with Gasteiger partial charge in [0.15, 0.2) is 11.5 Å². The highest BCUT2D eigenvalue weighted by atomic mass is 16.5. The minimum Gasteiger partial charge on any atom is -0.508 e. The Morgan fingerprint density at radius 1 is 0.875 bits per heavy atom. The number of hydrogen-bond donors (Lipinski definition) is 1. The lowest BCUT2D eigenvalue weighted by Crippen LogP contribution is -2.32. The second kappa shape index (κ2) is 5.16. The largest absolute Gasteiger partial charge is 0.508 e. The maximum Gasteiger partial charge on any atom is 0.312 e. The van der Waals surface area contributed by atoms with Crippen molar-refractivity contribution in [1.29, 1.82) is 0 Å². The molecule has 5 heteroatoms. The molecule has 24 heavy (non-hydrogen) atoms. The number of fused-ring (bicyclic) bond motifs is 1. The van der Waals surface area contributed by atoms with E-state index >= 15 is 0 Å². The number of aromatic hydroxyl groups is 1. The highest BCUT2D eigenvalue weighted by Gasteiger charge is 2.43. The first kappa shape index (κ1) is 14.4. The fourth-order valence-corrected chi connectivity index (χ4v) is 3.26. The van der Waals surface area contributed by atoms with Crippen molar-refractivity contribution in [2.24, 2.45) is 0 Å². The van der Waals surface area contributed by atoms with Gasteiger partial charge in [-0.3, -0.25) is 14.4 Å². The topological polar surface area (TPSA) is 80.7 Å². The van der Waals surface area contributed by atoms with Crippen LogP contribution in [-0.2, 0) is 9.53 Å². The molecule has 1 heterocycles. The third kappa shape index (κ3) is 1.98. The molecule has 0 aromatic heterocycles. The summed E-state index contributed by atoms with van der Waals surface area (Å²) in [5.41, 5.74) is 1.09. The van der Waals surface area contributed by atoms with E-state index in [4.69, 9.17) is 4.74 Å². The molecule has 4 rings (SSSR count). The summed E-state index contributed by atoms with van der Waals surface area (Å²) in [4.78, 5) is 37.5. The lowest BCUT2D eigenvalue weighted by Gasteiger charge is -2.30. The van der Waals surface area contributed by atoms with Crippen molar-refractivity contribution >= 4 is 17.5 Å². The Kier molecular flexibility index (Phi) is 3.09. The minimum atomic E-state index is -0.702. The number of allylic oxidation sites excluding steroid dienone is 2. The zero-order chi connectivity index (χ0) is 16.8. The molecule has 0 spiro atoms. The Morgan fingerprint density at radius 3 is 2.21 bits per heavy atom. The fraction of sp³-hybridized carbons (Fsp3) is 0.105. The lowest BCUT2D eigenvalue weighted by molar-refractivity contribution is -0.140. The molecule has 1 unspecified atom stereocenters. The van der Waals surface area contributed by atoms with Crippen LogP contribution in [0.15, 0.2) is 59.9 Å². The van der Waals surface area contributed by atoms with Gasteiger partial charge in [0.05, 0.1) is 12.0 Å². The van der Waals surface area contributed by atoms with Crippen LogP contribution in [0.3, 0.4) is 0 Å². The van der Waals surface area contributed by atoms with Gasteiger partial charge in [0, 0.05) is 22.6 Å². The van der Waals surface area contributed by atoms with Gasteiger partial charge >= 0.3 is 5.97 Å². The number of benzene rings is 2. The van der Waals surface area contributed by atoms with Crippen LogP contribution >= 0.6 is 0 Å². The van der Waals surface area contributed by atoms with Crippen LogP contribution in [0.4, 0.5) is 0 Å². The summed E-state index contributed by atoms with van der Waals surface area (Å²) in [5, 5.41) is 10.1. The molecule has 1 aliphatic carbocycles. The maximum atomic E-state index is 12.9. The quantitative estimate of drug-likeness (QED) is 0.817. The molecule has 2 aromatic rings. The summed E-state index contributed by atoms with van der Waals surface area (Å²) in [6.45, 7) is 0. The van der Waals surface area contributed by atoms with E-state index in [9.17, 15) is 19.5 Å². The Balaban J connectivity index is 1.94. The van der Waals surface area contributed by atoms with E-state index in [1.807, 2.05) is 0 Å². The maximum absolute atomic E-state index is 12.9. The number of carbonyl (C=O) groups is 3. The van der Waals surface area contributed by atoms with Gasteiger partial charge < -0.3 is 9.84 Å². The lowest BCUT2D eigenvalue weighted by atomic mass is 9.76. The Labute approximate surface area is 137 Å². The molecule has 1 aliphatic heterocycles. The number of phenols is 1. The summed E-state index contributed by atoms with van der Waals surface area (Å²) in [6, 6.07) is 12.9. The average Bonchev–Trinajstić information content (AvgIpc) is 2.59. The van der Waals surface area contributed by atoms with E-state index in [-0.39, 0.29) is 34.8 Å². The minimum absolute atomic E-state index is 0.0249. The summed E-state index contributed by atoms with van der Waals surface area (Å²) in [7, 11) is 0. The number of hydrogen-bond acceptors (Lipinski definition) is 5. The van der Waals surface area contributed by atoms with Gasteiger partial charge in [0.2, 0.25) is 5.78 Å². The molecular weight excluding hydrogens is 308 g/mol. The van der Waals surface area contributed by atoms with Crippen molar-refractivity contribution in [1.82, 2.24) is 0 Å². The molecule has 0 amide bonds. The summed E-state index contributed by atoms with van der Waals surface area (Å²) in [6.07, 6.45) is -0.0996. The van der Waals surface area contributed by atoms with Crippen LogP contribution in [0.25, 0.3) is 0 Å². The number of esters is 1. The highest BCUT2D eigenvalue weighted by molar-refractivity contribution is 6.27. The number of ketones is 2. The fourth-order valence-electron chi connectivity index (χ4n) is 3.26. The van der Waals surface area contributed by atoms with Gasteiger partial charge in [-0.1, -0.05) is 42.5 Å². The van der Waals surface area contributed by atoms with E-state index in [1.165, 1.54) is 12.1 Å². The first-order chi connectivity index (χ1) is 11.6. The van der Waals surface area contributed by atoms with Crippen molar-refractivity contribution in [3.8, 4) is 5.75 Å². The molecule has 0 saturated carbocycles. The average molecular weight is 320 g/mol. The van der Waals surface area contributed by atoms with E-state index in [2.05, 4.69) is 0 Å². The Morgan fingerprint density at radius 2 is 1.50 bits per heavy atom. The van der Waals surface area contributed by atoms with Crippen LogP contribution in [-0.4, -0.2) is 22.6 Å². The number of Topliss-reactive ketones (excluding diaryl/α,β-unsaturated/α-hetero) is 2. The van der Waals surface area contributed by atoms with Crippen molar-refractivity contribution < 1.29 is 24.2 Å². The number of carbonyl (C=O) groups excluding carboxylic acids is 3. The normalized spacial score (nSPS) is 19.7. The van der Waals surface area contributed by atoms with Crippen LogP contribution in [0.2, 0.25) is 0 Å². The summed E-state index contributed by atoms with van der Waals surface area (Å²) in [5.74, 6) is -2.37. The smallest absolute Gasteiger partial charge is 0.312 e. The summed E-state index contributed by atoms with van der Waals surface area (Å²) >= 11 is 0. The molecule has 0 radical (unpaired) electrons. The standard InChI is InChI=1S/C19H12O5/c20-14-8-4-3-5-10(14)13-9-15(21)24-19-16(13)17(22)11-6-1-2-7-12(11)18(19)23/h1-8,13,20H,9H2. The SMILES string of the molecule is O=C1CC(c2ccccc2O)C2=C(O1)C(=O)c1ccccc1C2=O. The van der Waals surface area contributed by atoms with Gasteiger partial charge in [-0.2, -0.15) is 0 Å². The Hall–Kier alpha value is -3.21. The number of ether oxygens (including phenoxy) is 1. The van der Waals surface area contributed by atoms with Crippen LogP contribution in [0.5, 0.6) is 5.75 Å². The second-order valence-electron chi connectivity index (χ2n) is 5.74. The van der Waals surface area contributed by atoms with Gasteiger partial charge in [-0.25, -0.2) is 0 Å². The third-order valence-corrected chi connectivity index (χ3v) is 4.36. The third-order valence-electron chi connectivity index (χ3n) is 4.36. The predicted octanol–water partition coefficient (Wildman–Crippen LogP) is 2.76. The molecule has 2 aromatic carbocycles. The van der Waals surface area contributed by atoms with Gasteiger partial charge in [-0.15, -0.1) is 0 Å². The molecule has 118 valence electrons. The number of phenolic OH excluding ortho intramolecular Hbond substituents is 1. The predicted molar refractivity (Wildman–Crippen MR) is 83.7 cm³/mol. The van der Waals surface area contributed by atoms with Crippen molar-refractivity contribution in [2.75, 3.05) is 0 Å². The molecule has 1 N–H and O–H groups in total. The van der Waals surface area contributed by atoms with Gasteiger partial charge in [0.1, 0.15) is 5.75 Å². The van der Waals surface area contributed by atoms with E-state index in [1.54, 1.807) is 36.4 Å². The monoisotopic (exact) mass is 320 g/mol.